The Balaban J connectivity index is 0.00000270. The first kappa shape index (κ1) is 38.1. The molecule has 4 aromatic rings. The van der Waals surface area contributed by atoms with Crippen molar-refractivity contribution in [3.8, 4) is 11.4 Å². The number of aliphatic hydroxyl groups is 1. The van der Waals surface area contributed by atoms with Crippen LogP contribution in [0.3, 0.4) is 0 Å². The Morgan fingerprint density at radius 2 is 1.57 bits per heavy atom. The van der Waals surface area contributed by atoms with Crippen LogP contribution in [0.1, 0.15) is 42.3 Å². The van der Waals surface area contributed by atoms with E-state index in [4.69, 9.17) is 4.74 Å². The molecule has 264 valence electrons. The summed E-state index contributed by atoms with van der Waals surface area (Å²) in [7, 11) is 1.53. The molecule has 2 aliphatic rings. The smallest absolute Gasteiger partial charge is 0.453 e. The monoisotopic (exact) mass is 721 g/mol. The molecule has 1 aromatic heterocycles. The molecule has 3 heterocycles. The van der Waals surface area contributed by atoms with Gasteiger partial charge in [-0.15, -0.1) is 29.9 Å². The van der Waals surface area contributed by atoms with E-state index in [-0.39, 0.29) is 54.4 Å². The maximum Gasteiger partial charge on any atom is 0.453 e. The van der Waals surface area contributed by atoms with Crippen LogP contribution in [-0.2, 0) is 17.5 Å². The zero-order valence-electron chi connectivity index (χ0n) is 27.3. The van der Waals surface area contributed by atoms with Gasteiger partial charge < -0.3 is 14.7 Å². The van der Waals surface area contributed by atoms with Gasteiger partial charge in [-0.2, -0.15) is 17.9 Å². The Hall–Kier alpha value is -3.75. The lowest BCUT2D eigenvalue weighted by atomic mass is 9.81. The van der Waals surface area contributed by atoms with Gasteiger partial charge in [-0.1, -0.05) is 60.7 Å². The molecule has 0 spiro atoms. The average Bonchev–Trinajstić information content (AvgIpc) is 3.56. The molecular weight excluding hydrogens is 682 g/mol. The molecule has 0 bridgehead atoms. The number of carbonyl (C=O) groups excluding carboxylic acids is 1. The van der Waals surface area contributed by atoms with E-state index in [9.17, 15) is 23.1 Å². The molecule has 15 heteroatoms. The normalized spacial score (nSPS) is 18.7. The van der Waals surface area contributed by atoms with Crippen LogP contribution < -0.4 is 4.74 Å². The van der Waals surface area contributed by atoms with E-state index in [1.54, 1.807) is 17.0 Å². The van der Waals surface area contributed by atoms with Crippen LogP contribution in [0.15, 0.2) is 78.9 Å². The highest BCUT2D eigenvalue weighted by Crippen LogP contribution is 2.37. The first-order valence-electron chi connectivity index (χ1n) is 15.6. The lowest BCUT2D eigenvalue weighted by molar-refractivity contribution is -0.153. The number of hydrogen-bond donors (Lipinski definition) is 1. The van der Waals surface area contributed by atoms with Gasteiger partial charge in [-0.3, -0.25) is 14.6 Å². The molecule has 1 amide bonds. The first-order valence-corrected chi connectivity index (χ1v) is 15.6. The average molecular weight is 723 g/mol. The van der Waals surface area contributed by atoms with Gasteiger partial charge in [0.25, 0.3) is 11.7 Å². The number of hydrogen-bond acceptors (Lipinski definition) is 8. The first-order chi connectivity index (χ1) is 22.4. The number of nitrogens with zero attached hydrogens (tertiary/aromatic N) is 7. The fourth-order valence-electron chi connectivity index (χ4n) is 6.96. The summed E-state index contributed by atoms with van der Waals surface area (Å²) < 4.78 is 47.3. The Bertz CT molecular complexity index is 1650. The van der Waals surface area contributed by atoms with Crippen molar-refractivity contribution in [1.29, 1.82) is 0 Å². The van der Waals surface area contributed by atoms with Crippen LogP contribution in [0.2, 0.25) is 0 Å². The highest BCUT2D eigenvalue weighted by Gasteiger charge is 2.44. The van der Waals surface area contributed by atoms with Crippen LogP contribution in [0.4, 0.5) is 13.2 Å². The van der Waals surface area contributed by atoms with Gasteiger partial charge >= 0.3 is 6.18 Å². The quantitative estimate of drug-likeness (QED) is 0.276. The number of carbonyl (C=O) groups is 1. The summed E-state index contributed by atoms with van der Waals surface area (Å²) in [4.78, 5) is 19.7. The lowest BCUT2D eigenvalue weighted by Crippen LogP contribution is -2.68. The Labute approximate surface area is 295 Å². The molecule has 0 radical (unpaired) electrons. The molecule has 10 nitrogen and oxygen atoms in total. The minimum absolute atomic E-state index is 0. The van der Waals surface area contributed by atoms with Crippen molar-refractivity contribution >= 4 is 30.7 Å². The van der Waals surface area contributed by atoms with Crippen molar-refractivity contribution in [3.05, 3.63) is 101 Å². The predicted molar refractivity (Wildman–Crippen MR) is 182 cm³/mol. The fourth-order valence-corrected chi connectivity index (χ4v) is 6.96. The number of piperazine rings is 2. The number of tetrazole rings is 1. The molecule has 6 rings (SSSR count). The minimum atomic E-state index is -4.73. The van der Waals surface area contributed by atoms with E-state index in [1.807, 2.05) is 36.4 Å². The van der Waals surface area contributed by atoms with E-state index in [0.717, 1.165) is 11.1 Å². The number of halogens is 5. The number of fused-ring (bicyclic) bond motifs is 1. The summed E-state index contributed by atoms with van der Waals surface area (Å²) >= 11 is 0. The molecule has 2 fully saturated rings. The van der Waals surface area contributed by atoms with Crippen LogP contribution in [-0.4, -0.2) is 103 Å². The summed E-state index contributed by atoms with van der Waals surface area (Å²) in [6.45, 7) is 6.19. The van der Waals surface area contributed by atoms with Crippen molar-refractivity contribution in [1.82, 2.24) is 34.9 Å². The van der Waals surface area contributed by atoms with Crippen molar-refractivity contribution in [2.24, 2.45) is 0 Å². The van der Waals surface area contributed by atoms with E-state index in [1.165, 1.54) is 27.0 Å². The molecule has 0 saturated carbocycles. The fraction of sp³-hybridized carbons (Fsp3) is 0.412. The van der Waals surface area contributed by atoms with E-state index >= 15 is 0 Å². The van der Waals surface area contributed by atoms with E-state index in [2.05, 4.69) is 49.6 Å². The number of ether oxygens (including phenoxy) is 1. The number of aromatic nitrogens is 4. The number of rotatable bonds is 8. The van der Waals surface area contributed by atoms with Gasteiger partial charge in [-0.05, 0) is 53.6 Å². The molecule has 0 aliphatic carbocycles. The molecule has 1 N–H and O–H groups in total. The largest absolute Gasteiger partial charge is 0.496 e. The van der Waals surface area contributed by atoms with Gasteiger partial charge in [0.1, 0.15) is 11.4 Å². The van der Waals surface area contributed by atoms with Gasteiger partial charge in [0.2, 0.25) is 0 Å². The highest BCUT2D eigenvalue weighted by molar-refractivity contribution is 5.85. The number of amides is 1. The summed E-state index contributed by atoms with van der Waals surface area (Å²) in [5, 5.41) is 20.6. The third-order valence-electron chi connectivity index (χ3n) is 9.01. The summed E-state index contributed by atoms with van der Waals surface area (Å²) in [5.74, 6) is -0.998. The molecule has 3 aromatic carbocycles. The van der Waals surface area contributed by atoms with Crippen LogP contribution >= 0.6 is 24.8 Å². The van der Waals surface area contributed by atoms with Gasteiger partial charge in [0.15, 0.2) is 0 Å². The lowest BCUT2D eigenvalue weighted by Gasteiger charge is -2.54. The summed E-state index contributed by atoms with van der Waals surface area (Å²) in [6.07, 6.45) is -4.73. The number of benzene rings is 3. The number of methoxy groups -OCH3 is 1. The van der Waals surface area contributed by atoms with Crippen molar-refractivity contribution in [2.75, 3.05) is 39.8 Å². The van der Waals surface area contributed by atoms with E-state index in [0.29, 0.717) is 55.3 Å². The maximum absolute atomic E-state index is 13.7. The van der Waals surface area contributed by atoms with Gasteiger partial charge in [0, 0.05) is 62.8 Å². The predicted octanol–water partition coefficient (Wildman–Crippen LogP) is 4.83. The summed E-state index contributed by atoms with van der Waals surface area (Å²) in [5.41, 5.74) is 1.68. The zero-order valence-corrected chi connectivity index (χ0v) is 29.0. The van der Waals surface area contributed by atoms with Gasteiger partial charge in [0.05, 0.1) is 12.8 Å². The van der Waals surface area contributed by atoms with Gasteiger partial charge in [-0.25, -0.2) is 0 Å². The Morgan fingerprint density at radius 1 is 0.939 bits per heavy atom. The SMILES string of the molecule is COc1ccc(-n2nnnc2C(F)(F)F)cc1CN1CC2CN(C(=O)C(C)(C)O)CCN2C(C(c2ccccc2)c2ccccc2)C1.Cl.Cl. The minimum Gasteiger partial charge on any atom is -0.496 e. The third kappa shape index (κ3) is 8.18. The molecule has 2 atom stereocenters. The second-order valence-electron chi connectivity index (χ2n) is 12.7. The van der Waals surface area contributed by atoms with E-state index < -0.39 is 17.6 Å². The molecule has 2 unspecified atom stereocenters. The Morgan fingerprint density at radius 3 is 2.14 bits per heavy atom. The topological polar surface area (TPSA) is 99.8 Å². The molecular formula is C34H40Cl2F3N7O3. The standard InChI is InChI=1S/C34H38F3N7O3.2ClH/c1-33(2,46)32(45)42-16-17-43-27(21-42)20-41(22-28(43)30(23-10-6-4-7-11-23)24-12-8-5-9-13-24)19-25-18-26(14-15-29(25)47-3)44-31(34(35,36)37)38-39-40-44;;/h4-15,18,27-28,30,46H,16-17,19-22H2,1-3H3;2*1H. The Kier molecular flexibility index (Phi) is 12.0. The van der Waals surface area contributed by atoms with Crippen molar-refractivity contribution < 1.29 is 27.8 Å². The van der Waals surface area contributed by atoms with Crippen molar-refractivity contribution in [3.63, 3.8) is 0 Å². The van der Waals surface area contributed by atoms with Crippen LogP contribution in [0, 0.1) is 0 Å². The summed E-state index contributed by atoms with van der Waals surface area (Å²) in [6, 6.07) is 25.4. The molecule has 2 aliphatic heterocycles. The molecule has 49 heavy (non-hydrogen) atoms. The highest BCUT2D eigenvalue weighted by atomic mass is 35.5. The second-order valence-corrected chi connectivity index (χ2v) is 12.7. The maximum atomic E-state index is 13.7. The third-order valence-corrected chi connectivity index (χ3v) is 9.01. The van der Waals surface area contributed by atoms with Crippen molar-refractivity contribution in [2.45, 2.75) is 50.2 Å². The molecule has 2 saturated heterocycles. The van der Waals surface area contributed by atoms with Crippen LogP contribution in [0.5, 0.6) is 5.75 Å². The number of alkyl halides is 3. The van der Waals surface area contributed by atoms with Crippen LogP contribution in [0.25, 0.3) is 5.69 Å². The zero-order chi connectivity index (χ0) is 33.3. The second kappa shape index (κ2) is 15.4.